The second-order valence-electron chi connectivity index (χ2n) is 6.11. The van der Waals surface area contributed by atoms with Gasteiger partial charge in [-0.1, -0.05) is 19.8 Å². The number of anilines is 1. The first-order valence-corrected chi connectivity index (χ1v) is 7.98. The summed E-state index contributed by atoms with van der Waals surface area (Å²) in [6.45, 7) is 8.62. The molecule has 20 heavy (non-hydrogen) atoms. The van der Waals surface area contributed by atoms with Gasteiger partial charge in [0.25, 0.3) is 0 Å². The van der Waals surface area contributed by atoms with Gasteiger partial charge in [-0.3, -0.25) is 0 Å². The molecule has 0 aliphatic carbocycles. The van der Waals surface area contributed by atoms with Crippen molar-refractivity contribution in [2.45, 2.75) is 59.5 Å². The molecule has 3 nitrogen and oxygen atoms in total. The minimum Gasteiger partial charge on any atom is -0.392 e. The van der Waals surface area contributed by atoms with E-state index in [-0.39, 0.29) is 6.61 Å². The Morgan fingerprint density at radius 2 is 2.10 bits per heavy atom. The Morgan fingerprint density at radius 1 is 1.30 bits per heavy atom. The average molecular weight is 276 g/mol. The molecule has 1 saturated heterocycles. The van der Waals surface area contributed by atoms with Gasteiger partial charge in [0, 0.05) is 24.3 Å². The van der Waals surface area contributed by atoms with Gasteiger partial charge in [-0.25, -0.2) is 4.98 Å². The lowest BCUT2D eigenvalue weighted by Gasteiger charge is -2.25. The van der Waals surface area contributed by atoms with E-state index in [4.69, 9.17) is 4.98 Å². The van der Waals surface area contributed by atoms with Gasteiger partial charge in [-0.05, 0) is 50.7 Å². The van der Waals surface area contributed by atoms with Crippen molar-refractivity contribution in [3.63, 3.8) is 0 Å². The summed E-state index contributed by atoms with van der Waals surface area (Å²) >= 11 is 0. The normalized spacial score (nSPS) is 20.0. The molecule has 0 spiro atoms. The summed E-state index contributed by atoms with van der Waals surface area (Å²) in [5, 5.41) is 9.66. The molecule has 1 fully saturated rings. The van der Waals surface area contributed by atoms with Gasteiger partial charge in [0.15, 0.2) is 0 Å². The third-order valence-corrected chi connectivity index (χ3v) is 4.46. The number of aliphatic hydroxyl groups is 1. The van der Waals surface area contributed by atoms with Gasteiger partial charge >= 0.3 is 0 Å². The van der Waals surface area contributed by atoms with Gasteiger partial charge in [-0.15, -0.1) is 0 Å². The van der Waals surface area contributed by atoms with E-state index in [0.717, 1.165) is 41.6 Å². The standard InChI is InChI=1S/C17H28N2O/c1-4-6-15-7-5-9-19(10-8-15)17-16(12-20)13(2)11-14(3)18-17/h11,15,20H,4-10,12H2,1-3H3. The molecule has 2 heterocycles. The number of aromatic nitrogens is 1. The van der Waals surface area contributed by atoms with Crippen molar-refractivity contribution in [3.8, 4) is 0 Å². The number of aliphatic hydroxyl groups excluding tert-OH is 1. The van der Waals surface area contributed by atoms with Crippen LogP contribution in [0.4, 0.5) is 5.82 Å². The summed E-state index contributed by atoms with van der Waals surface area (Å²) < 4.78 is 0. The average Bonchev–Trinajstić information content (AvgIpc) is 2.64. The Morgan fingerprint density at radius 3 is 2.80 bits per heavy atom. The molecule has 1 aliphatic rings. The van der Waals surface area contributed by atoms with Gasteiger partial charge < -0.3 is 10.0 Å². The van der Waals surface area contributed by atoms with Crippen LogP contribution in [0.1, 0.15) is 55.8 Å². The highest BCUT2D eigenvalue weighted by Crippen LogP contribution is 2.28. The maximum absolute atomic E-state index is 9.66. The highest BCUT2D eigenvalue weighted by atomic mass is 16.3. The van der Waals surface area contributed by atoms with Gasteiger partial charge in [0.1, 0.15) is 5.82 Å². The first kappa shape index (κ1) is 15.3. The monoisotopic (exact) mass is 276 g/mol. The van der Waals surface area contributed by atoms with Crippen LogP contribution in [0.15, 0.2) is 6.07 Å². The lowest BCUT2D eigenvalue weighted by Crippen LogP contribution is -2.27. The lowest BCUT2D eigenvalue weighted by molar-refractivity contribution is 0.280. The molecule has 1 unspecified atom stereocenters. The first-order chi connectivity index (χ1) is 9.65. The molecule has 0 amide bonds. The molecule has 2 rings (SSSR count). The molecule has 1 aromatic heterocycles. The molecule has 1 aromatic rings. The summed E-state index contributed by atoms with van der Waals surface area (Å²) in [5.74, 6) is 1.88. The van der Waals surface area contributed by atoms with Crippen molar-refractivity contribution in [2.75, 3.05) is 18.0 Å². The summed E-state index contributed by atoms with van der Waals surface area (Å²) in [6, 6.07) is 2.06. The fraction of sp³-hybridized carbons (Fsp3) is 0.706. The fourth-order valence-corrected chi connectivity index (χ4v) is 3.37. The highest BCUT2D eigenvalue weighted by molar-refractivity contribution is 5.51. The van der Waals surface area contributed by atoms with Gasteiger partial charge in [0.2, 0.25) is 0 Å². The second-order valence-corrected chi connectivity index (χ2v) is 6.11. The molecule has 0 saturated carbocycles. The summed E-state index contributed by atoms with van der Waals surface area (Å²) in [6.07, 6.45) is 6.47. The zero-order chi connectivity index (χ0) is 14.5. The van der Waals surface area contributed by atoms with Crippen molar-refractivity contribution in [2.24, 2.45) is 5.92 Å². The zero-order valence-electron chi connectivity index (χ0n) is 13.2. The van der Waals surface area contributed by atoms with Crippen molar-refractivity contribution in [3.05, 3.63) is 22.9 Å². The van der Waals surface area contributed by atoms with Crippen molar-refractivity contribution in [1.29, 1.82) is 0 Å². The van der Waals surface area contributed by atoms with E-state index in [0.29, 0.717) is 0 Å². The predicted octanol–water partition coefficient (Wildman–Crippen LogP) is 3.60. The third-order valence-electron chi connectivity index (χ3n) is 4.46. The van der Waals surface area contributed by atoms with Crippen LogP contribution >= 0.6 is 0 Å². The maximum atomic E-state index is 9.66. The minimum atomic E-state index is 0.0866. The van der Waals surface area contributed by atoms with Crippen LogP contribution in [0.25, 0.3) is 0 Å². The van der Waals surface area contributed by atoms with E-state index >= 15 is 0 Å². The van der Waals surface area contributed by atoms with E-state index < -0.39 is 0 Å². The Bertz CT molecular complexity index is 445. The van der Waals surface area contributed by atoms with Crippen molar-refractivity contribution in [1.82, 2.24) is 4.98 Å². The van der Waals surface area contributed by atoms with Crippen LogP contribution in [0.2, 0.25) is 0 Å². The summed E-state index contributed by atoms with van der Waals surface area (Å²) in [7, 11) is 0. The van der Waals surface area contributed by atoms with E-state index in [2.05, 4.69) is 24.8 Å². The Hall–Kier alpha value is -1.09. The SMILES string of the molecule is CCCC1CCCN(c2nc(C)cc(C)c2CO)CC1. The molecular formula is C17H28N2O. The molecule has 0 radical (unpaired) electrons. The van der Waals surface area contributed by atoms with Crippen LogP contribution < -0.4 is 4.90 Å². The third kappa shape index (κ3) is 3.51. The molecule has 0 aromatic carbocycles. The van der Waals surface area contributed by atoms with Gasteiger partial charge in [0.05, 0.1) is 6.61 Å². The minimum absolute atomic E-state index is 0.0866. The van der Waals surface area contributed by atoms with Crippen LogP contribution in [0.3, 0.4) is 0 Å². The molecular weight excluding hydrogens is 248 g/mol. The molecule has 1 atom stereocenters. The summed E-state index contributed by atoms with van der Waals surface area (Å²) in [4.78, 5) is 7.10. The Kier molecular flexibility index (Phi) is 5.41. The maximum Gasteiger partial charge on any atom is 0.134 e. The molecule has 3 heteroatoms. The Labute approximate surface area is 123 Å². The van der Waals surface area contributed by atoms with Crippen LogP contribution in [0.5, 0.6) is 0 Å². The smallest absolute Gasteiger partial charge is 0.134 e. The largest absolute Gasteiger partial charge is 0.392 e. The lowest BCUT2D eigenvalue weighted by atomic mass is 9.96. The molecule has 112 valence electrons. The first-order valence-electron chi connectivity index (χ1n) is 7.98. The number of pyridine rings is 1. The van der Waals surface area contributed by atoms with Crippen LogP contribution in [-0.2, 0) is 6.61 Å². The second kappa shape index (κ2) is 7.07. The van der Waals surface area contributed by atoms with Crippen molar-refractivity contribution < 1.29 is 5.11 Å². The molecule has 1 aliphatic heterocycles. The number of hydrogen-bond acceptors (Lipinski definition) is 3. The quantitative estimate of drug-likeness (QED) is 0.913. The zero-order valence-corrected chi connectivity index (χ0v) is 13.2. The molecule has 0 bridgehead atoms. The highest BCUT2D eigenvalue weighted by Gasteiger charge is 2.20. The van der Waals surface area contributed by atoms with E-state index in [9.17, 15) is 5.11 Å². The number of hydrogen-bond donors (Lipinski definition) is 1. The van der Waals surface area contributed by atoms with E-state index in [1.165, 1.54) is 32.1 Å². The summed E-state index contributed by atoms with van der Waals surface area (Å²) in [5.41, 5.74) is 3.21. The van der Waals surface area contributed by atoms with Crippen LogP contribution in [0, 0.1) is 19.8 Å². The van der Waals surface area contributed by atoms with E-state index in [1.807, 2.05) is 6.92 Å². The topological polar surface area (TPSA) is 36.4 Å². The van der Waals surface area contributed by atoms with Crippen LogP contribution in [-0.4, -0.2) is 23.2 Å². The van der Waals surface area contributed by atoms with Crippen molar-refractivity contribution >= 4 is 5.82 Å². The van der Waals surface area contributed by atoms with E-state index in [1.54, 1.807) is 0 Å². The Balaban J connectivity index is 2.19. The number of nitrogens with zero attached hydrogens (tertiary/aromatic N) is 2. The predicted molar refractivity (Wildman–Crippen MR) is 84.1 cm³/mol. The molecule has 1 N–H and O–H groups in total. The number of aryl methyl sites for hydroxylation is 2. The van der Waals surface area contributed by atoms with Gasteiger partial charge in [-0.2, -0.15) is 0 Å². The fourth-order valence-electron chi connectivity index (χ4n) is 3.37. The number of rotatable bonds is 4.